The first-order valence-electron chi connectivity index (χ1n) is 6.39. The molecule has 98 valence electrons. The molecule has 2 N–H and O–H groups in total. The number of ether oxygens (including phenoxy) is 1. The topological polar surface area (TPSA) is 55.6 Å². The molecule has 0 bridgehead atoms. The lowest BCUT2D eigenvalue weighted by Crippen LogP contribution is -2.23. The highest BCUT2D eigenvalue weighted by Gasteiger charge is 2.26. The van der Waals surface area contributed by atoms with Crippen LogP contribution in [0.2, 0.25) is 0 Å². The quantitative estimate of drug-likeness (QED) is 0.658. The molecule has 0 aliphatic carbocycles. The van der Waals surface area contributed by atoms with Crippen LogP contribution in [0, 0.1) is 5.92 Å². The summed E-state index contributed by atoms with van der Waals surface area (Å²) in [5.74, 6) is 0.368. The molecule has 1 aliphatic rings. The molecule has 18 heavy (non-hydrogen) atoms. The number of benzene rings is 1. The van der Waals surface area contributed by atoms with Gasteiger partial charge in [-0.05, 0) is 24.5 Å². The SMILES string of the molecule is CCC1CCN(c2c(N)cccc2C(=O)OC)C1. The van der Waals surface area contributed by atoms with Gasteiger partial charge in [0, 0.05) is 13.1 Å². The van der Waals surface area contributed by atoms with Gasteiger partial charge in [0.25, 0.3) is 0 Å². The van der Waals surface area contributed by atoms with E-state index in [1.807, 2.05) is 6.07 Å². The molecule has 0 radical (unpaired) electrons. The molecule has 1 saturated heterocycles. The van der Waals surface area contributed by atoms with Gasteiger partial charge in [-0.3, -0.25) is 0 Å². The number of nitrogens with zero attached hydrogens (tertiary/aromatic N) is 1. The Morgan fingerprint density at radius 3 is 2.94 bits per heavy atom. The van der Waals surface area contributed by atoms with Gasteiger partial charge in [0.1, 0.15) is 0 Å². The summed E-state index contributed by atoms with van der Waals surface area (Å²) in [5.41, 5.74) is 8.08. The Hall–Kier alpha value is -1.71. The van der Waals surface area contributed by atoms with Crippen molar-refractivity contribution in [3.8, 4) is 0 Å². The predicted octanol–water partition coefficient (Wildman–Crippen LogP) is 2.29. The van der Waals surface area contributed by atoms with Crippen molar-refractivity contribution in [2.75, 3.05) is 30.8 Å². The maximum absolute atomic E-state index is 11.8. The van der Waals surface area contributed by atoms with Gasteiger partial charge in [0.2, 0.25) is 0 Å². The molecule has 2 rings (SSSR count). The number of hydrogen-bond acceptors (Lipinski definition) is 4. The molecule has 1 aliphatic heterocycles. The molecule has 0 saturated carbocycles. The van der Waals surface area contributed by atoms with Crippen molar-refractivity contribution in [1.82, 2.24) is 0 Å². The number of carbonyl (C=O) groups excluding carboxylic acids is 1. The van der Waals surface area contributed by atoms with Crippen molar-refractivity contribution < 1.29 is 9.53 Å². The Morgan fingerprint density at radius 2 is 2.33 bits per heavy atom. The van der Waals surface area contributed by atoms with E-state index < -0.39 is 0 Å². The number of anilines is 2. The molecule has 1 heterocycles. The number of hydrogen-bond donors (Lipinski definition) is 1. The second-order valence-electron chi connectivity index (χ2n) is 4.74. The second kappa shape index (κ2) is 5.29. The van der Waals surface area contributed by atoms with Gasteiger partial charge in [-0.25, -0.2) is 4.79 Å². The standard InChI is InChI=1S/C14H20N2O2/c1-3-10-7-8-16(9-10)13-11(14(17)18-2)5-4-6-12(13)15/h4-6,10H,3,7-9,15H2,1-2H3. The molecule has 1 fully saturated rings. The van der Waals surface area contributed by atoms with Gasteiger partial charge < -0.3 is 15.4 Å². The number of rotatable bonds is 3. The van der Waals surface area contributed by atoms with Crippen LogP contribution in [-0.4, -0.2) is 26.2 Å². The Balaban J connectivity index is 2.34. The molecule has 0 aromatic heterocycles. The Labute approximate surface area is 108 Å². The van der Waals surface area contributed by atoms with Crippen LogP contribution in [-0.2, 0) is 4.74 Å². The molecule has 4 nitrogen and oxygen atoms in total. The maximum Gasteiger partial charge on any atom is 0.340 e. The van der Waals surface area contributed by atoms with Crippen molar-refractivity contribution in [1.29, 1.82) is 0 Å². The average Bonchev–Trinajstić information content (AvgIpc) is 2.86. The van der Waals surface area contributed by atoms with E-state index in [-0.39, 0.29) is 5.97 Å². The first-order valence-corrected chi connectivity index (χ1v) is 6.39. The van der Waals surface area contributed by atoms with E-state index in [4.69, 9.17) is 10.5 Å². The normalized spacial score (nSPS) is 19.0. The molecule has 1 aromatic carbocycles. The van der Waals surface area contributed by atoms with Gasteiger partial charge in [-0.15, -0.1) is 0 Å². The summed E-state index contributed by atoms with van der Waals surface area (Å²) < 4.78 is 4.82. The van der Waals surface area contributed by atoms with Crippen molar-refractivity contribution in [2.45, 2.75) is 19.8 Å². The smallest absolute Gasteiger partial charge is 0.340 e. The number of nitrogen functional groups attached to an aromatic ring is 1. The van der Waals surface area contributed by atoms with Gasteiger partial charge in [-0.1, -0.05) is 19.4 Å². The zero-order valence-corrected chi connectivity index (χ0v) is 11.0. The lowest BCUT2D eigenvalue weighted by atomic mass is 10.1. The first kappa shape index (κ1) is 12.7. The second-order valence-corrected chi connectivity index (χ2v) is 4.74. The number of esters is 1. The lowest BCUT2D eigenvalue weighted by molar-refractivity contribution is 0.0601. The van der Waals surface area contributed by atoms with E-state index >= 15 is 0 Å². The summed E-state index contributed by atoms with van der Waals surface area (Å²) >= 11 is 0. The minimum atomic E-state index is -0.322. The van der Waals surface area contributed by atoms with Crippen LogP contribution in [0.3, 0.4) is 0 Å². The fourth-order valence-electron chi connectivity index (χ4n) is 2.56. The average molecular weight is 248 g/mol. The van der Waals surface area contributed by atoms with E-state index in [0.717, 1.165) is 31.6 Å². The lowest BCUT2D eigenvalue weighted by Gasteiger charge is -2.23. The summed E-state index contributed by atoms with van der Waals surface area (Å²) in [5, 5.41) is 0. The van der Waals surface area contributed by atoms with E-state index in [1.165, 1.54) is 7.11 Å². The van der Waals surface area contributed by atoms with Gasteiger partial charge in [-0.2, -0.15) is 0 Å². The zero-order chi connectivity index (χ0) is 13.1. The highest BCUT2D eigenvalue weighted by atomic mass is 16.5. The fraction of sp³-hybridized carbons (Fsp3) is 0.500. The third-order valence-corrected chi connectivity index (χ3v) is 3.65. The minimum absolute atomic E-state index is 0.322. The largest absolute Gasteiger partial charge is 0.465 e. The van der Waals surface area contributed by atoms with Crippen molar-refractivity contribution in [3.63, 3.8) is 0 Å². The van der Waals surface area contributed by atoms with Gasteiger partial charge in [0.15, 0.2) is 0 Å². The van der Waals surface area contributed by atoms with Crippen molar-refractivity contribution >= 4 is 17.3 Å². The van der Waals surface area contributed by atoms with Crippen molar-refractivity contribution in [3.05, 3.63) is 23.8 Å². The molecular formula is C14H20N2O2. The number of para-hydroxylation sites is 1. The Bertz CT molecular complexity index is 445. The molecule has 1 aromatic rings. The summed E-state index contributed by atoms with van der Waals surface area (Å²) in [6, 6.07) is 5.40. The maximum atomic E-state index is 11.8. The van der Waals surface area contributed by atoms with Crippen LogP contribution in [0.25, 0.3) is 0 Å². The third-order valence-electron chi connectivity index (χ3n) is 3.65. The zero-order valence-electron chi connectivity index (χ0n) is 11.0. The van der Waals surface area contributed by atoms with Crippen LogP contribution < -0.4 is 10.6 Å². The first-order chi connectivity index (χ1) is 8.67. The summed E-state index contributed by atoms with van der Waals surface area (Å²) in [6.45, 7) is 4.12. The summed E-state index contributed by atoms with van der Waals surface area (Å²) in [4.78, 5) is 14.0. The Kier molecular flexibility index (Phi) is 3.75. The third kappa shape index (κ3) is 2.28. The Morgan fingerprint density at radius 1 is 1.56 bits per heavy atom. The molecule has 0 amide bonds. The molecule has 1 atom stereocenters. The van der Waals surface area contributed by atoms with Crippen LogP contribution in [0.15, 0.2) is 18.2 Å². The number of carbonyl (C=O) groups is 1. The highest BCUT2D eigenvalue weighted by molar-refractivity contribution is 5.99. The van der Waals surface area contributed by atoms with Gasteiger partial charge >= 0.3 is 5.97 Å². The fourth-order valence-corrected chi connectivity index (χ4v) is 2.56. The molecular weight excluding hydrogens is 228 g/mol. The van der Waals surface area contributed by atoms with E-state index in [1.54, 1.807) is 12.1 Å². The predicted molar refractivity (Wildman–Crippen MR) is 72.8 cm³/mol. The van der Waals surface area contributed by atoms with E-state index in [0.29, 0.717) is 17.2 Å². The molecule has 0 spiro atoms. The van der Waals surface area contributed by atoms with Crippen LogP contribution in [0.1, 0.15) is 30.1 Å². The van der Waals surface area contributed by atoms with E-state index in [9.17, 15) is 4.79 Å². The van der Waals surface area contributed by atoms with Crippen LogP contribution >= 0.6 is 0 Å². The number of nitrogens with two attached hydrogens (primary N) is 1. The summed E-state index contributed by atoms with van der Waals surface area (Å²) in [7, 11) is 1.40. The van der Waals surface area contributed by atoms with Gasteiger partial charge in [0.05, 0.1) is 24.0 Å². The van der Waals surface area contributed by atoms with Crippen LogP contribution in [0.4, 0.5) is 11.4 Å². The molecule has 4 heteroatoms. The van der Waals surface area contributed by atoms with Crippen LogP contribution in [0.5, 0.6) is 0 Å². The minimum Gasteiger partial charge on any atom is -0.465 e. The molecule has 1 unspecified atom stereocenters. The van der Waals surface area contributed by atoms with E-state index in [2.05, 4.69) is 11.8 Å². The monoisotopic (exact) mass is 248 g/mol. The highest BCUT2D eigenvalue weighted by Crippen LogP contribution is 2.33. The van der Waals surface area contributed by atoms with Crippen molar-refractivity contribution in [2.24, 2.45) is 5.92 Å². The number of methoxy groups -OCH3 is 1. The summed E-state index contributed by atoms with van der Waals surface area (Å²) in [6.07, 6.45) is 2.32.